The number of likely N-dealkylation sites (tertiary alicyclic amines) is 1. The number of carboxylic acids is 1. The van der Waals surface area contributed by atoms with Crippen LogP contribution >= 0.6 is 0 Å². The van der Waals surface area contributed by atoms with Crippen molar-refractivity contribution < 1.29 is 24.2 Å². The van der Waals surface area contributed by atoms with E-state index in [1.807, 2.05) is 0 Å². The molecule has 11 heteroatoms. The van der Waals surface area contributed by atoms with E-state index in [1.54, 1.807) is 38.4 Å². The van der Waals surface area contributed by atoms with Crippen LogP contribution in [-0.4, -0.2) is 81.8 Å². The molecule has 2 amide bonds. The lowest BCUT2D eigenvalue weighted by atomic mass is 10.0. The van der Waals surface area contributed by atoms with E-state index in [0.717, 1.165) is 5.56 Å². The number of amidine groups is 1. The van der Waals surface area contributed by atoms with Crippen molar-refractivity contribution in [3.8, 4) is 17.1 Å². The van der Waals surface area contributed by atoms with Crippen molar-refractivity contribution in [3.63, 3.8) is 0 Å². The van der Waals surface area contributed by atoms with Gasteiger partial charge in [-0.1, -0.05) is 0 Å². The Hall–Kier alpha value is -4.02. The maximum Gasteiger partial charge on any atom is 0.304 e. The number of nitrogens with two attached hydrogens (primary N) is 1. The third-order valence-electron chi connectivity index (χ3n) is 5.37. The normalized spacial score (nSPS) is 17.6. The molecule has 1 fully saturated rings. The van der Waals surface area contributed by atoms with Gasteiger partial charge in [0, 0.05) is 32.1 Å². The number of aromatic nitrogens is 2. The van der Waals surface area contributed by atoms with E-state index >= 15 is 0 Å². The topological polar surface area (TPSA) is 163 Å². The largest absolute Gasteiger partial charge is 0.491 e. The Bertz CT molecular complexity index is 1040. The van der Waals surface area contributed by atoms with Crippen molar-refractivity contribution in [2.75, 3.05) is 27.2 Å². The Morgan fingerprint density at radius 3 is 2.42 bits per heavy atom. The van der Waals surface area contributed by atoms with Gasteiger partial charge in [-0.05, 0) is 30.7 Å². The molecule has 1 aromatic heterocycles. The van der Waals surface area contributed by atoms with Crippen LogP contribution in [0.5, 0.6) is 5.75 Å². The molecule has 174 valence electrons. The highest BCUT2D eigenvalue weighted by Crippen LogP contribution is 2.28. The van der Waals surface area contributed by atoms with Crippen LogP contribution in [0.3, 0.4) is 0 Å². The van der Waals surface area contributed by atoms with E-state index in [-0.39, 0.29) is 37.2 Å². The number of rotatable bonds is 9. The van der Waals surface area contributed by atoms with Crippen molar-refractivity contribution in [2.24, 2.45) is 11.7 Å². The first-order chi connectivity index (χ1) is 15.7. The van der Waals surface area contributed by atoms with Crippen LogP contribution in [0.4, 0.5) is 0 Å². The number of carbonyl (C=O) groups is 3. The van der Waals surface area contributed by atoms with Crippen molar-refractivity contribution in [1.82, 2.24) is 19.8 Å². The minimum Gasteiger partial charge on any atom is -0.491 e. The predicted octanol–water partition coefficient (Wildman–Crippen LogP) is 0.586. The summed E-state index contributed by atoms with van der Waals surface area (Å²) in [5.74, 6) is -1.41. The summed E-state index contributed by atoms with van der Waals surface area (Å²) in [4.78, 5) is 47.2. The molecule has 0 radical (unpaired) electrons. The zero-order valence-corrected chi connectivity index (χ0v) is 18.4. The van der Waals surface area contributed by atoms with Crippen molar-refractivity contribution in [1.29, 1.82) is 5.41 Å². The highest BCUT2D eigenvalue weighted by Gasteiger charge is 2.41. The first-order valence-electron chi connectivity index (χ1n) is 10.3. The molecule has 3 rings (SSSR count). The van der Waals surface area contributed by atoms with Crippen LogP contribution in [0.25, 0.3) is 11.4 Å². The number of likely N-dealkylation sites (N-methyl/N-ethyl adjacent to an activating group) is 1. The van der Waals surface area contributed by atoms with Gasteiger partial charge < -0.3 is 25.4 Å². The Kier molecular flexibility index (Phi) is 7.21. The Labute approximate surface area is 190 Å². The summed E-state index contributed by atoms with van der Waals surface area (Å²) in [6.07, 6.45) is 2.98. The second-order valence-electron chi connectivity index (χ2n) is 7.98. The molecule has 11 nitrogen and oxygen atoms in total. The van der Waals surface area contributed by atoms with Crippen LogP contribution in [0.2, 0.25) is 0 Å². The molecule has 2 atom stereocenters. The number of amides is 2. The SMILES string of the molecule is CN(C)C(=O)CN1C(=O)[C@H](CC(=O)O)C[C@H]1COc1ccc(-c2ncc(C(=N)N)cn2)cc1. The predicted molar refractivity (Wildman–Crippen MR) is 119 cm³/mol. The van der Waals surface area contributed by atoms with Gasteiger partial charge in [0.05, 0.1) is 23.9 Å². The molecular weight excluding hydrogens is 428 g/mol. The van der Waals surface area contributed by atoms with E-state index in [2.05, 4.69) is 9.97 Å². The lowest BCUT2D eigenvalue weighted by molar-refractivity contribution is -0.143. The van der Waals surface area contributed by atoms with Gasteiger partial charge in [-0.2, -0.15) is 0 Å². The Morgan fingerprint density at radius 2 is 1.88 bits per heavy atom. The van der Waals surface area contributed by atoms with E-state index < -0.39 is 17.9 Å². The van der Waals surface area contributed by atoms with E-state index in [0.29, 0.717) is 23.6 Å². The highest BCUT2D eigenvalue weighted by atomic mass is 16.5. The van der Waals surface area contributed by atoms with Crippen LogP contribution in [0.1, 0.15) is 18.4 Å². The number of carbonyl (C=O) groups excluding carboxylic acids is 2. The van der Waals surface area contributed by atoms with Crippen molar-refractivity contribution in [3.05, 3.63) is 42.2 Å². The molecule has 2 heterocycles. The molecule has 0 spiro atoms. The van der Waals surface area contributed by atoms with Crippen LogP contribution in [0.15, 0.2) is 36.7 Å². The molecule has 0 saturated carbocycles. The third kappa shape index (κ3) is 5.82. The standard InChI is InChI=1S/C22H26N6O5/c1-27(2)18(29)11-28-16(7-14(22(28)32)8-19(30)31)12-33-17-5-3-13(4-6-17)21-25-9-15(10-26-21)20(23)24/h3-6,9-10,14,16H,7-8,11-12H2,1-2H3,(H3,23,24)(H,30,31)/t14-,16-/m0/s1. The molecule has 33 heavy (non-hydrogen) atoms. The van der Waals surface area contributed by atoms with Crippen LogP contribution < -0.4 is 10.5 Å². The molecule has 1 aliphatic rings. The number of nitrogens with zero attached hydrogens (tertiary/aromatic N) is 4. The van der Waals surface area contributed by atoms with Gasteiger partial charge in [0.15, 0.2) is 5.82 Å². The number of benzene rings is 1. The molecular formula is C22H26N6O5. The van der Waals surface area contributed by atoms with Gasteiger partial charge in [-0.25, -0.2) is 9.97 Å². The van der Waals surface area contributed by atoms with Gasteiger partial charge >= 0.3 is 5.97 Å². The zero-order valence-electron chi connectivity index (χ0n) is 18.4. The smallest absolute Gasteiger partial charge is 0.304 e. The molecule has 4 N–H and O–H groups in total. The average Bonchev–Trinajstić information content (AvgIpc) is 3.06. The maximum absolute atomic E-state index is 12.7. The van der Waals surface area contributed by atoms with Gasteiger partial charge in [0.2, 0.25) is 11.8 Å². The number of nitrogen functional groups attached to an aromatic ring is 1. The number of aliphatic carboxylic acids is 1. The second kappa shape index (κ2) is 10.1. The van der Waals surface area contributed by atoms with Crippen molar-refractivity contribution >= 4 is 23.6 Å². The van der Waals surface area contributed by atoms with Gasteiger partial charge in [-0.3, -0.25) is 19.8 Å². The Morgan fingerprint density at radius 1 is 1.24 bits per heavy atom. The monoisotopic (exact) mass is 454 g/mol. The number of hydrogen-bond acceptors (Lipinski definition) is 7. The summed E-state index contributed by atoms with van der Waals surface area (Å²) in [5, 5.41) is 16.5. The van der Waals surface area contributed by atoms with Gasteiger partial charge in [0.25, 0.3) is 0 Å². The van der Waals surface area contributed by atoms with Crippen LogP contribution in [0, 0.1) is 11.3 Å². The fourth-order valence-corrected chi connectivity index (χ4v) is 3.51. The summed E-state index contributed by atoms with van der Waals surface area (Å²) in [5.41, 5.74) is 6.59. The summed E-state index contributed by atoms with van der Waals surface area (Å²) >= 11 is 0. The minimum absolute atomic E-state index is 0.109. The molecule has 0 aliphatic carbocycles. The summed E-state index contributed by atoms with van der Waals surface area (Å²) in [6, 6.07) is 6.61. The molecule has 1 saturated heterocycles. The van der Waals surface area contributed by atoms with Crippen LogP contribution in [-0.2, 0) is 14.4 Å². The summed E-state index contributed by atoms with van der Waals surface area (Å²) < 4.78 is 5.85. The van der Waals surface area contributed by atoms with Crippen molar-refractivity contribution in [2.45, 2.75) is 18.9 Å². The summed E-state index contributed by atoms with van der Waals surface area (Å²) in [6.45, 7) is 0.00817. The first-order valence-corrected chi connectivity index (χ1v) is 10.3. The minimum atomic E-state index is -1.05. The lowest BCUT2D eigenvalue weighted by Gasteiger charge is -2.25. The molecule has 0 bridgehead atoms. The van der Waals surface area contributed by atoms with E-state index in [4.69, 9.17) is 21.0 Å². The fraction of sp³-hybridized carbons (Fsp3) is 0.364. The number of hydrogen-bond donors (Lipinski definition) is 3. The van der Waals surface area contributed by atoms with E-state index in [9.17, 15) is 14.4 Å². The quantitative estimate of drug-likeness (QED) is 0.366. The molecule has 1 aliphatic heterocycles. The van der Waals surface area contributed by atoms with Gasteiger partial charge in [0.1, 0.15) is 24.7 Å². The molecule has 0 unspecified atom stereocenters. The zero-order chi connectivity index (χ0) is 24.1. The lowest BCUT2D eigenvalue weighted by Crippen LogP contribution is -2.44. The number of ether oxygens (including phenoxy) is 1. The molecule has 2 aromatic rings. The average molecular weight is 454 g/mol. The number of nitrogens with one attached hydrogen (secondary N) is 1. The third-order valence-corrected chi connectivity index (χ3v) is 5.37. The maximum atomic E-state index is 12.7. The first kappa shape index (κ1) is 23.6. The van der Waals surface area contributed by atoms with E-state index in [1.165, 1.54) is 22.2 Å². The van der Waals surface area contributed by atoms with Gasteiger partial charge in [-0.15, -0.1) is 0 Å². The second-order valence-corrected chi connectivity index (χ2v) is 7.98. The fourth-order valence-electron chi connectivity index (χ4n) is 3.51. The highest BCUT2D eigenvalue weighted by molar-refractivity contribution is 5.94. The summed E-state index contributed by atoms with van der Waals surface area (Å²) in [7, 11) is 3.20. The number of carboxylic acid groups (broad SMARTS) is 1. The molecule has 1 aromatic carbocycles. The Balaban J connectivity index is 1.67.